The van der Waals surface area contributed by atoms with Crippen LogP contribution in [0.5, 0.6) is 5.75 Å². The summed E-state index contributed by atoms with van der Waals surface area (Å²) in [5.41, 5.74) is 13.2. The van der Waals surface area contributed by atoms with Crippen molar-refractivity contribution in [3.63, 3.8) is 0 Å². The average Bonchev–Trinajstić information content (AvgIpc) is 2.83. The molecule has 0 spiro atoms. The zero-order valence-corrected chi connectivity index (χ0v) is 19.8. The summed E-state index contributed by atoms with van der Waals surface area (Å²) in [6.07, 6.45) is 5.90. The first-order chi connectivity index (χ1) is 16.0. The van der Waals surface area contributed by atoms with Crippen LogP contribution in [-0.2, 0) is 17.9 Å². The van der Waals surface area contributed by atoms with Crippen molar-refractivity contribution in [3.8, 4) is 5.75 Å². The van der Waals surface area contributed by atoms with Gasteiger partial charge in [-0.15, -0.1) is 0 Å². The lowest BCUT2D eigenvalue weighted by Gasteiger charge is -2.32. The van der Waals surface area contributed by atoms with E-state index in [0.717, 1.165) is 55.5 Å². The van der Waals surface area contributed by atoms with Crippen LogP contribution in [0, 0.1) is 11.8 Å². The van der Waals surface area contributed by atoms with Gasteiger partial charge in [-0.3, -0.25) is 9.79 Å². The highest BCUT2D eigenvalue weighted by Gasteiger charge is 2.25. The van der Waals surface area contributed by atoms with Gasteiger partial charge in [0.05, 0.1) is 0 Å². The van der Waals surface area contributed by atoms with Gasteiger partial charge in [0.25, 0.3) is 0 Å². The molecule has 0 heterocycles. The highest BCUT2D eigenvalue weighted by molar-refractivity contribution is 5.76. The van der Waals surface area contributed by atoms with E-state index in [1.807, 2.05) is 35.2 Å². The molecular weight excluding hydrogens is 412 g/mol. The van der Waals surface area contributed by atoms with Crippen LogP contribution in [-0.4, -0.2) is 29.9 Å². The minimum Gasteiger partial charge on any atom is -0.489 e. The summed E-state index contributed by atoms with van der Waals surface area (Å²) in [6, 6.07) is 18.3. The Balaban J connectivity index is 1.57. The smallest absolute Gasteiger partial charge is 0.222 e. The number of nitrogens with zero attached hydrogens (tertiary/aromatic N) is 2. The molecule has 1 fully saturated rings. The van der Waals surface area contributed by atoms with Crippen LogP contribution < -0.4 is 16.2 Å². The highest BCUT2D eigenvalue weighted by atomic mass is 16.5. The molecule has 2 aromatic carbocycles. The lowest BCUT2D eigenvalue weighted by Crippen LogP contribution is -2.36. The molecular formula is C27H38N4O2. The summed E-state index contributed by atoms with van der Waals surface area (Å²) in [5.74, 6) is 2.30. The van der Waals surface area contributed by atoms with E-state index >= 15 is 0 Å². The van der Waals surface area contributed by atoms with Crippen LogP contribution in [0.15, 0.2) is 59.6 Å². The fourth-order valence-corrected chi connectivity index (χ4v) is 4.46. The van der Waals surface area contributed by atoms with Crippen LogP contribution in [0.3, 0.4) is 0 Å². The third-order valence-electron chi connectivity index (χ3n) is 6.31. The molecule has 2 aromatic rings. The number of benzene rings is 2. The van der Waals surface area contributed by atoms with Crippen molar-refractivity contribution in [3.05, 3.63) is 65.7 Å². The van der Waals surface area contributed by atoms with Gasteiger partial charge in [0.1, 0.15) is 12.4 Å². The maximum atomic E-state index is 12.9. The van der Waals surface area contributed by atoms with E-state index in [9.17, 15) is 4.79 Å². The predicted octanol–water partition coefficient (Wildman–Crippen LogP) is 4.47. The number of rotatable bonds is 11. The minimum atomic E-state index is 0.170. The van der Waals surface area contributed by atoms with Gasteiger partial charge in [-0.1, -0.05) is 49.4 Å². The van der Waals surface area contributed by atoms with Crippen LogP contribution in [0.25, 0.3) is 0 Å². The molecule has 1 aliphatic rings. The van der Waals surface area contributed by atoms with Crippen molar-refractivity contribution in [1.29, 1.82) is 0 Å². The van der Waals surface area contributed by atoms with Crippen molar-refractivity contribution in [1.82, 2.24) is 4.90 Å². The Hall–Kier alpha value is -3.02. The zero-order chi connectivity index (χ0) is 23.5. The summed E-state index contributed by atoms with van der Waals surface area (Å²) in [6.45, 7) is 4.73. The number of carbonyl (C=O) groups is 1. The lowest BCUT2D eigenvalue weighted by atomic mass is 9.81. The van der Waals surface area contributed by atoms with Crippen LogP contribution >= 0.6 is 0 Å². The molecule has 0 radical (unpaired) electrons. The highest BCUT2D eigenvalue weighted by Crippen LogP contribution is 2.30. The summed E-state index contributed by atoms with van der Waals surface area (Å²) in [4.78, 5) is 19.1. The van der Waals surface area contributed by atoms with Gasteiger partial charge < -0.3 is 21.1 Å². The van der Waals surface area contributed by atoms with Crippen LogP contribution in [0.2, 0.25) is 0 Å². The molecule has 6 heteroatoms. The number of amides is 1. The zero-order valence-electron chi connectivity index (χ0n) is 19.8. The molecule has 0 atom stereocenters. The summed E-state index contributed by atoms with van der Waals surface area (Å²) < 4.78 is 5.99. The van der Waals surface area contributed by atoms with Gasteiger partial charge in [-0.2, -0.15) is 0 Å². The van der Waals surface area contributed by atoms with E-state index < -0.39 is 0 Å². The van der Waals surface area contributed by atoms with Crippen molar-refractivity contribution in [2.45, 2.75) is 58.6 Å². The summed E-state index contributed by atoms with van der Waals surface area (Å²) in [7, 11) is 0. The van der Waals surface area contributed by atoms with Crippen molar-refractivity contribution >= 4 is 11.9 Å². The second-order valence-corrected chi connectivity index (χ2v) is 9.10. The van der Waals surface area contributed by atoms with Crippen LogP contribution in [0.1, 0.15) is 56.6 Å². The fraction of sp³-hybridized carbons (Fsp3) is 0.481. The molecule has 0 saturated heterocycles. The van der Waals surface area contributed by atoms with Gasteiger partial charge in [0.15, 0.2) is 5.96 Å². The molecule has 3 rings (SSSR count). The standard InChI is InChI=1S/C27H38N4O2/c1-2-7-26(32)31(18-22-14-12-21(13-15-22)17-30-27(28)29)19-24-10-6-11-25(16-24)33-20-23-8-4-3-5-9-23/h3-6,8-11,16,21-22H,2,7,12-15,17-20H2,1H3,(H4,28,29,30). The van der Waals surface area contributed by atoms with E-state index in [1.54, 1.807) is 0 Å². The number of hydrogen-bond donors (Lipinski definition) is 2. The Morgan fingerprint density at radius 2 is 1.70 bits per heavy atom. The Morgan fingerprint density at radius 1 is 1.00 bits per heavy atom. The molecule has 1 saturated carbocycles. The number of guanidine groups is 1. The van der Waals surface area contributed by atoms with E-state index in [0.29, 0.717) is 38.0 Å². The van der Waals surface area contributed by atoms with Crippen LogP contribution in [0.4, 0.5) is 0 Å². The fourth-order valence-electron chi connectivity index (χ4n) is 4.46. The van der Waals surface area contributed by atoms with Gasteiger partial charge in [-0.05, 0) is 67.2 Å². The molecule has 4 N–H and O–H groups in total. The first-order valence-electron chi connectivity index (χ1n) is 12.1. The second kappa shape index (κ2) is 12.9. The Kier molecular flexibility index (Phi) is 9.60. The second-order valence-electron chi connectivity index (χ2n) is 9.10. The largest absolute Gasteiger partial charge is 0.489 e. The van der Waals surface area contributed by atoms with Gasteiger partial charge in [0, 0.05) is 26.1 Å². The van der Waals surface area contributed by atoms with Crippen molar-refractivity contribution in [2.75, 3.05) is 13.1 Å². The lowest BCUT2D eigenvalue weighted by molar-refractivity contribution is -0.132. The number of nitrogens with two attached hydrogens (primary N) is 2. The Morgan fingerprint density at radius 3 is 2.39 bits per heavy atom. The molecule has 178 valence electrons. The minimum absolute atomic E-state index is 0.170. The number of aliphatic imine (C=N–C) groups is 1. The van der Waals surface area contributed by atoms with E-state index in [-0.39, 0.29) is 11.9 Å². The molecule has 1 amide bonds. The molecule has 0 aliphatic heterocycles. The first-order valence-corrected chi connectivity index (χ1v) is 12.1. The van der Waals surface area contributed by atoms with Gasteiger partial charge >= 0.3 is 0 Å². The monoisotopic (exact) mass is 450 g/mol. The SMILES string of the molecule is CCCC(=O)N(Cc1cccc(OCc2ccccc2)c1)CC1CCC(CN=C(N)N)CC1. The molecule has 33 heavy (non-hydrogen) atoms. The molecule has 6 nitrogen and oxygen atoms in total. The number of hydrogen-bond acceptors (Lipinski definition) is 3. The number of carbonyl (C=O) groups excluding carboxylic acids is 1. The molecule has 1 aliphatic carbocycles. The maximum Gasteiger partial charge on any atom is 0.222 e. The maximum absolute atomic E-state index is 12.9. The number of ether oxygens (including phenoxy) is 1. The van der Waals surface area contributed by atoms with Crippen molar-refractivity contribution in [2.24, 2.45) is 28.3 Å². The third-order valence-corrected chi connectivity index (χ3v) is 6.31. The molecule has 0 unspecified atom stereocenters. The van der Waals surface area contributed by atoms with E-state index in [1.165, 1.54) is 0 Å². The van der Waals surface area contributed by atoms with E-state index in [4.69, 9.17) is 16.2 Å². The third kappa shape index (κ3) is 8.44. The summed E-state index contributed by atoms with van der Waals surface area (Å²) >= 11 is 0. The topological polar surface area (TPSA) is 93.9 Å². The predicted molar refractivity (Wildman–Crippen MR) is 134 cm³/mol. The Labute approximate surface area is 198 Å². The average molecular weight is 451 g/mol. The Bertz CT molecular complexity index is 888. The quantitative estimate of drug-likeness (QED) is 0.390. The van der Waals surface area contributed by atoms with Crippen molar-refractivity contribution < 1.29 is 9.53 Å². The van der Waals surface area contributed by atoms with Gasteiger partial charge in [-0.25, -0.2) is 0 Å². The normalized spacial score (nSPS) is 17.8. The first kappa shape index (κ1) is 24.6. The summed E-state index contributed by atoms with van der Waals surface area (Å²) in [5, 5.41) is 0. The van der Waals surface area contributed by atoms with Gasteiger partial charge in [0.2, 0.25) is 5.91 Å². The molecule has 0 bridgehead atoms. The molecule has 0 aromatic heterocycles. The van der Waals surface area contributed by atoms with E-state index in [2.05, 4.69) is 36.2 Å².